The fraction of sp³-hybridized carbons (Fsp3) is 1.00. The zero-order chi connectivity index (χ0) is 10.7. The van der Waals surface area contributed by atoms with E-state index in [1.165, 1.54) is 44.9 Å². The second-order valence-corrected chi connectivity index (χ2v) is 5.56. The Morgan fingerprint density at radius 2 is 2.07 bits per heavy atom. The van der Waals surface area contributed by atoms with E-state index in [-0.39, 0.29) is 5.60 Å². The second-order valence-electron chi connectivity index (χ2n) is 5.56. The molecule has 1 aliphatic carbocycles. The second kappa shape index (κ2) is 4.84. The molecule has 0 aromatic carbocycles. The molecule has 2 heteroatoms. The zero-order valence-electron chi connectivity index (χ0n) is 10.0. The highest BCUT2D eigenvalue weighted by molar-refractivity contribution is 4.90. The maximum atomic E-state index is 6.09. The zero-order valence-corrected chi connectivity index (χ0v) is 10.0. The summed E-state index contributed by atoms with van der Waals surface area (Å²) in [6.07, 6.45) is 9.21. The van der Waals surface area contributed by atoms with Gasteiger partial charge in [0.1, 0.15) is 0 Å². The van der Waals surface area contributed by atoms with Gasteiger partial charge in [0.25, 0.3) is 0 Å². The van der Waals surface area contributed by atoms with Gasteiger partial charge in [0.2, 0.25) is 0 Å². The highest BCUT2D eigenvalue weighted by Gasteiger charge is 2.39. The molecule has 1 spiro atoms. The SMILES string of the molecule is CC(CN)C1CCOC2(CCCCC2)C1. The van der Waals surface area contributed by atoms with Crippen molar-refractivity contribution in [2.24, 2.45) is 17.6 Å². The van der Waals surface area contributed by atoms with Gasteiger partial charge in [-0.15, -0.1) is 0 Å². The van der Waals surface area contributed by atoms with E-state index in [0.29, 0.717) is 5.92 Å². The van der Waals surface area contributed by atoms with Gasteiger partial charge in [-0.05, 0) is 44.1 Å². The lowest BCUT2D eigenvalue weighted by Gasteiger charge is -2.45. The van der Waals surface area contributed by atoms with Crippen molar-refractivity contribution in [1.29, 1.82) is 0 Å². The number of ether oxygens (including phenoxy) is 1. The minimum Gasteiger partial charge on any atom is -0.375 e. The summed E-state index contributed by atoms with van der Waals surface area (Å²) in [7, 11) is 0. The molecule has 2 fully saturated rings. The molecule has 2 aliphatic rings. The minimum absolute atomic E-state index is 0.255. The van der Waals surface area contributed by atoms with Crippen LogP contribution in [-0.2, 0) is 4.74 Å². The van der Waals surface area contributed by atoms with Crippen LogP contribution in [0.2, 0.25) is 0 Å². The van der Waals surface area contributed by atoms with E-state index in [9.17, 15) is 0 Å². The van der Waals surface area contributed by atoms with E-state index >= 15 is 0 Å². The summed E-state index contributed by atoms with van der Waals surface area (Å²) in [5.74, 6) is 1.48. The molecule has 0 amide bonds. The summed E-state index contributed by atoms with van der Waals surface area (Å²) in [6, 6.07) is 0. The van der Waals surface area contributed by atoms with Crippen molar-refractivity contribution >= 4 is 0 Å². The highest BCUT2D eigenvalue weighted by atomic mass is 16.5. The molecule has 2 atom stereocenters. The van der Waals surface area contributed by atoms with Crippen molar-refractivity contribution in [1.82, 2.24) is 0 Å². The Morgan fingerprint density at radius 1 is 1.33 bits per heavy atom. The van der Waals surface area contributed by atoms with Crippen LogP contribution in [0.1, 0.15) is 51.9 Å². The van der Waals surface area contributed by atoms with Crippen LogP contribution in [0.5, 0.6) is 0 Å². The molecule has 1 saturated heterocycles. The van der Waals surface area contributed by atoms with E-state index < -0.39 is 0 Å². The molecule has 0 bridgehead atoms. The Morgan fingerprint density at radius 3 is 2.73 bits per heavy atom. The average Bonchev–Trinajstić information content (AvgIpc) is 2.29. The van der Waals surface area contributed by atoms with E-state index in [2.05, 4.69) is 6.92 Å². The van der Waals surface area contributed by atoms with Gasteiger partial charge in [-0.2, -0.15) is 0 Å². The summed E-state index contributed by atoms with van der Waals surface area (Å²) in [5.41, 5.74) is 6.03. The van der Waals surface area contributed by atoms with Crippen LogP contribution in [-0.4, -0.2) is 18.8 Å². The Kier molecular flexibility index (Phi) is 3.68. The van der Waals surface area contributed by atoms with Gasteiger partial charge in [0, 0.05) is 6.61 Å². The smallest absolute Gasteiger partial charge is 0.0685 e. The maximum Gasteiger partial charge on any atom is 0.0685 e. The molecule has 0 aromatic heterocycles. The van der Waals surface area contributed by atoms with Crippen LogP contribution < -0.4 is 5.73 Å². The van der Waals surface area contributed by atoms with Crippen LogP contribution >= 0.6 is 0 Å². The highest BCUT2D eigenvalue weighted by Crippen LogP contribution is 2.42. The monoisotopic (exact) mass is 211 g/mol. The number of nitrogens with two attached hydrogens (primary N) is 1. The lowest BCUT2D eigenvalue weighted by Crippen LogP contribution is -2.43. The Balaban J connectivity index is 1.96. The van der Waals surface area contributed by atoms with Gasteiger partial charge in [-0.1, -0.05) is 26.2 Å². The summed E-state index contributed by atoms with van der Waals surface area (Å²) in [5, 5.41) is 0. The molecular weight excluding hydrogens is 186 g/mol. The van der Waals surface area contributed by atoms with Crippen molar-refractivity contribution < 1.29 is 4.74 Å². The van der Waals surface area contributed by atoms with Gasteiger partial charge in [-0.25, -0.2) is 0 Å². The molecular formula is C13H25NO. The maximum absolute atomic E-state index is 6.09. The molecule has 2 nitrogen and oxygen atoms in total. The topological polar surface area (TPSA) is 35.2 Å². The molecule has 2 unspecified atom stereocenters. The quantitative estimate of drug-likeness (QED) is 0.762. The molecule has 88 valence electrons. The first-order valence-corrected chi connectivity index (χ1v) is 6.60. The van der Waals surface area contributed by atoms with E-state index in [4.69, 9.17) is 10.5 Å². The Bertz CT molecular complexity index is 193. The van der Waals surface area contributed by atoms with Gasteiger partial charge in [0.15, 0.2) is 0 Å². The minimum atomic E-state index is 0.255. The van der Waals surface area contributed by atoms with E-state index in [0.717, 1.165) is 19.1 Å². The first-order chi connectivity index (χ1) is 7.26. The molecule has 1 heterocycles. The lowest BCUT2D eigenvalue weighted by atomic mass is 9.73. The van der Waals surface area contributed by atoms with E-state index in [1.54, 1.807) is 0 Å². The summed E-state index contributed by atoms with van der Waals surface area (Å²) in [6.45, 7) is 4.10. The molecule has 15 heavy (non-hydrogen) atoms. The Hall–Kier alpha value is -0.0800. The van der Waals surface area contributed by atoms with Crippen molar-refractivity contribution in [2.45, 2.75) is 57.5 Å². The summed E-state index contributed by atoms with van der Waals surface area (Å²) < 4.78 is 6.09. The van der Waals surface area contributed by atoms with Crippen LogP contribution in [0, 0.1) is 11.8 Å². The fourth-order valence-electron chi connectivity index (χ4n) is 3.29. The lowest BCUT2D eigenvalue weighted by molar-refractivity contribution is -0.123. The molecule has 2 N–H and O–H groups in total. The van der Waals surface area contributed by atoms with Gasteiger partial charge in [-0.3, -0.25) is 0 Å². The third-order valence-electron chi connectivity index (χ3n) is 4.47. The molecule has 1 aliphatic heterocycles. The normalized spacial score (nSPS) is 32.8. The van der Waals surface area contributed by atoms with Crippen LogP contribution in [0.25, 0.3) is 0 Å². The van der Waals surface area contributed by atoms with Crippen LogP contribution in [0.4, 0.5) is 0 Å². The predicted octanol–water partition coefficient (Wildman–Crippen LogP) is 2.71. The van der Waals surface area contributed by atoms with Crippen molar-refractivity contribution in [3.8, 4) is 0 Å². The largest absolute Gasteiger partial charge is 0.375 e. The number of hydrogen-bond donors (Lipinski definition) is 1. The fourth-order valence-corrected chi connectivity index (χ4v) is 3.29. The van der Waals surface area contributed by atoms with Gasteiger partial charge < -0.3 is 10.5 Å². The third-order valence-corrected chi connectivity index (χ3v) is 4.47. The van der Waals surface area contributed by atoms with Crippen LogP contribution in [0.15, 0.2) is 0 Å². The van der Waals surface area contributed by atoms with Crippen molar-refractivity contribution in [2.75, 3.05) is 13.2 Å². The molecule has 2 rings (SSSR count). The van der Waals surface area contributed by atoms with Gasteiger partial charge >= 0.3 is 0 Å². The summed E-state index contributed by atoms with van der Waals surface area (Å²) in [4.78, 5) is 0. The van der Waals surface area contributed by atoms with Crippen LogP contribution in [0.3, 0.4) is 0 Å². The number of hydrogen-bond acceptors (Lipinski definition) is 2. The molecule has 0 radical (unpaired) electrons. The van der Waals surface area contributed by atoms with Gasteiger partial charge in [0.05, 0.1) is 5.60 Å². The number of rotatable bonds is 2. The average molecular weight is 211 g/mol. The first kappa shape index (κ1) is 11.4. The van der Waals surface area contributed by atoms with E-state index in [1.807, 2.05) is 0 Å². The third kappa shape index (κ3) is 2.54. The molecule has 0 aromatic rings. The summed E-state index contributed by atoms with van der Waals surface area (Å²) >= 11 is 0. The standard InChI is InChI=1S/C13H25NO/c1-11(10-14)12-5-8-15-13(9-12)6-3-2-4-7-13/h11-12H,2-10,14H2,1H3. The Labute approximate surface area is 93.6 Å². The first-order valence-electron chi connectivity index (χ1n) is 6.60. The van der Waals surface area contributed by atoms with Crippen molar-refractivity contribution in [3.63, 3.8) is 0 Å². The predicted molar refractivity (Wildman–Crippen MR) is 62.7 cm³/mol. The molecule has 1 saturated carbocycles. The van der Waals surface area contributed by atoms with Crippen molar-refractivity contribution in [3.05, 3.63) is 0 Å².